The summed E-state index contributed by atoms with van der Waals surface area (Å²) in [6.45, 7) is 8.00. The molecule has 0 saturated carbocycles. The first-order chi connectivity index (χ1) is 9.86. The Morgan fingerprint density at radius 2 is 1.35 bits per heavy atom. The molecular formula is C18H22O2. The van der Waals surface area contributed by atoms with Crippen LogP contribution in [-0.4, -0.2) is 5.97 Å². The summed E-state index contributed by atoms with van der Waals surface area (Å²) in [6, 6.07) is 17.3. The zero-order chi connectivity index (χ0) is 15.0. The van der Waals surface area contributed by atoms with Gasteiger partial charge in [0.05, 0.1) is 0 Å². The zero-order valence-corrected chi connectivity index (χ0v) is 12.6. The number of ether oxygens (including phenoxy) is 1. The molecule has 2 heteroatoms. The van der Waals surface area contributed by atoms with E-state index in [2.05, 4.69) is 0 Å². The second kappa shape index (κ2) is 8.16. The lowest BCUT2D eigenvalue weighted by molar-refractivity contribution is -0.133. The minimum atomic E-state index is -0.266. The first-order valence-corrected chi connectivity index (χ1v) is 7.22. The van der Waals surface area contributed by atoms with E-state index in [-0.39, 0.29) is 11.9 Å². The number of carbonyl (C=O) groups is 1. The molecular weight excluding hydrogens is 248 g/mol. The van der Waals surface area contributed by atoms with Crippen molar-refractivity contribution in [1.82, 2.24) is 0 Å². The second-order valence-electron chi connectivity index (χ2n) is 3.80. The maximum Gasteiger partial charge on any atom is 0.323 e. The molecule has 1 atom stereocenters. The van der Waals surface area contributed by atoms with Gasteiger partial charge in [0.25, 0.3) is 0 Å². The SMILES string of the molecule is CC.CC.O=C1Oc2ccccc2C1c1ccccc1. The lowest BCUT2D eigenvalue weighted by Crippen LogP contribution is -2.11. The average molecular weight is 270 g/mol. The van der Waals surface area contributed by atoms with Gasteiger partial charge in [-0.3, -0.25) is 4.79 Å². The highest BCUT2D eigenvalue weighted by Gasteiger charge is 2.33. The predicted octanol–water partition coefficient (Wildman–Crippen LogP) is 4.79. The van der Waals surface area contributed by atoms with Crippen molar-refractivity contribution in [3.8, 4) is 5.75 Å². The van der Waals surface area contributed by atoms with Crippen LogP contribution in [0.25, 0.3) is 0 Å². The standard InChI is InChI=1S/C14H10O2.2C2H6/c15-14-13(10-6-2-1-3-7-10)11-8-4-5-9-12(11)16-14;2*1-2/h1-9,13H;2*1-2H3. The number of para-hydroxylation sites is 1. The molecule has 106 valence electrons. The van der Waals surface area contributed by atoms with Gasteiger partial charge in [-0.25, -0.2) is 0 Å². The lowest BCUT2D eigenvalue weighted by Gasteiger charge is -2.06. The van der Waals surface area contributed by atoms with Gasteiger partial charge in [-0.05, 0) is 11.6 Å². The summed E-state index contributed by atoms with van der Waals surface area (Å²) in [7, 11) is 0. The van der Waals surface area contributed by atoms with E-state index in [0.29, 0.717) is 5.75 Å². The van der Waals surface area contributed by atoms with Crippen LogP contribution in [-0.2, 0) is 4.79 Å². The highest BCUT2D eigenvalue weighted by Crippen LogP contribution is 2.38. The fraction of sp³-hybridized carbons (Fsp3) is 0.278. The summed E-state index contributed by atoms with van der Waals surface area (Å²) in [5, 5.41) is 0. The van der Waals surface area contributed by atoms with Gasteiger partial charge in [-0.2, -0.15) is 0 Å². The minimum Gasteiger partial charge on any atom is -0.425 e. The number of hydrogen-bond donors (Lipinski definition) is 0. The third-order valence-corrected chi connectivity index (χ3v) is 2.81. The first kappa shape index (κ1) is 16.0. The Balaban J connectivity index is 0.000000461. The van der Waals surface area contributed by atoms with E-state index >= 15 is 0 Å². The molecule has 0 saturated heterocycles. The summed E-state index contributed by atoms with van der Waals surface area (Å²) < 4.78 is 5.23. The quantitative estimate of drug-likeness (QED) is 0.550. The molecule has 1 heterocycles. The van der Waals surface area contributed by atoms with Crippen molar-refractivity contribution < 1.29 is 9.53 Å². The third-order valence-electron chi connectivity index (χ3n) is 2.81. The van der Waals surface area contributed by atoms with Crippen LogP contribution in [0.5, 0.6) is 5.75 Å². The second-order valence-corrected chi connectivity index (χ2v) is 3.80. The Hall–Kier alpha value is -2.09. The van der Waals surface area contributed by atoms with Crippen molar-refractivity contribution in [2.45, 2.75) is 33.6 Å². The number of fused-ring (bicyclic) bond motifs is 1. The van der Waals surface area contributed by atoms with Crippen molar-refractivity contribution in [3.63, 3.8) is 0 Å². The fourth-order valence-corrected chi connectivity index (χ4v) is 2.07. The Labute approximate surface area is 121 Å². The van der Waals surface area contributed by atoms with Crippen LogP contribution in [0.1, 0.15) is 44.7 Å². The maximum absolute atomic E-state index is 11.8. The molecule has 0 fully saturated rings. The van der Waals surface area contributed by atoms with Crippen LogP contribution in [0.4, 0.5) is 0 Å². The van der Waals surface area contributed by atoms with Gasteiger partial charge in [-0.1, -0.05) is 76.2 Å². The van der Waals surface area contributed by atoms with E-state index < -0.39 is 0 Å². The summed E-state index contributed by atoms with van der Waals surface area (Å²) in [4.78, 5) is 11.8. The monoisotopic (exact) mass is 270 g/mol. The Bertz CT molecular complexity index is 532. The molecule has 0 bridgehead atoms. The summed E-state index contributed by atoms with van der Waals surface area (Å²) in [6.07, 6.45) is 0. The molecule has 1 unspecified atom stereocenters. The van der Waals surface area contributed by atoms with Crippen molar-refractivity contribution in [1.29, 1.82) is 0 Å². The molecule has 0 amide bonds. The Morgan fingerprint density at radius 3 is 2.00 bits per heavy atom. The van der Waals surface area contributed by atoms with Gasteiger partial charge >= 0.3 is 5.97 Å². The Morgan fingerprint density at radius 1 is 0.800 bits per heavy atom. The van der Waals surface area contributed by atoms with Crippen LogP contribution >= 0.6 is 0 Å². The van der Waals surface area contributed by atoms with Crippen molar-refractivity contribution in [2.75, 3.05) is 0 Å². The van der Waals surface area contributed by atoms with Gasteiger partial charge < -0.3 is 4.74 Å². The van der Waals surface area contributed by atoms with Gasteiger partial charge in [-0.15, -0.1) is 0 Å². The predicted molar refractivity (Wildman–Crippen MR) is 83.1 cm³/mol. The lowest BCUT2D eigenvalue weighted by atomic mass is 9.93. The van der Waals surface area contributed by atoms with Gasteiger partial charge in [0, 0.05) is 5.56 Å². The van der Waals surface area contributed by atoms with Crippen LogP contribution < -0.4 is 4.74 Å². The number of carbonyl (C=O) groups excluding carboxylic acids is 1. The smallest absolute Gasteiger partial charge is 0.323 e. The van der Waals surface area contributed by atoms with E-state index in [9.17, 15) is 4.79 Å². The highest BCUT2D eigenvalue weighted by molar-refractivity contribution is 5.89. The summed E-state index contributed by atoms with van der Waals surface area (Å²) >= 11 is 0. The molecule has 2 aromatic rings. The number of rotatable bonds is 1. The highest BCUT2D eigenvalue weighted by atomic mass is 16.5. The number of esters is 1. The Kier molecular flexibility index (Phi) is 6.51. The summed E-state index contributed by atoms with van der Waals surface area (Å²) in [5.74, 6) is 0.228. The average Bonchev–Trinajstić information content (AvgIpc) is 2.88. The van der Waals surface area contributed by atoms with E-state index in [1.165, 1.54) is 0 Å². The van der Waals surface area contributed by atoms with Crippen LogP contribution in [0, 0.1) is 0 Å². The number of benzene rings is 2. The van der Waals surface area contributed by atoms with Crippen LogP contribution in [0.15, 0.2) is 54.6 Å². The molecule has 0 aromatic heterocycles. The minimum absolute atomic E-state index is 0.188. The third kappa shape index (κ3) is 3.27. The zero-order valence-electron chi connectivity index (χ0n) is 12.6. The fourth-order valence-electron chi connectivity index (χ4n) is 2.07. The molecule has 20 heavy (non-hydrogen) atoms. The molecule has 2 nitrogen and oxygen atoms in total. The summed E-state index contributed by atoms with van der Waals surface area (Å²) in [5.41, 5.74) is 1.94. The molecule has 0 radical (unpaired) electrons. The normalized spacial score (nSPS) is 15.0. The molecule has 1 aliphatic rings. The van der Waals surface area contributed by atoms with Crippen molar-refractivity contribution in [3.05, 3.63) is 65.7 Å². The van der Waals surface area contributed by atoms with Gasteiger partial charge in [0.15, 0.2) is 0 Å². The topological polar surface area (TPSA) is 26.3 Å². The molecule has 0 spiro atoms. The van der Waals surface area contributed by atoms with Gasteiger partial charge in [0.1, 0.15) is 11.7 Å². The number of hydrogen-bond acceptors (Lipinski definition) is 2. The molecule has 0 N–H and O–H groups in total. The van der Waals surface area contributed by atoms with Crippen LogP contribution in [0.3, 0.4) is 0 Å². The molecule has 1 aliphatic heterocycles. The first-order valence-electron chi connectivity index (χ1n) is 7.22. The van der Waals surface area contributed by atoms with Crippen LogP contribution in [0.2, 0.25) is 0 Å². The largest absolute Gasteiger partial charge is 0.425 e. The van der Waals surface area contributed by atoms with Crippen molar-refractivity contribution >= 4 is 5.97 Å². The van der Waals surface area contributed by atoms with Crippen molar-refractivity contribution in [2.24, 2.45) is 0 Å². The maximum atomic E-state index is 11.8. The van der Waals surface area contributed by atoms with E-state index in [0.717, 1.165) is 11.1 Å². The molecule has 3 rings (SSSR count). The van der Waals surface area contributed by atoms with E-state index in [1.807, 2.05) is 82.3 Å². The molecule has 0 aliphatic carbocycles. The van der Waals surface area contributed by atoms with E-state index in [1.54, 1.807) is 0 Å². The van der Waals surface area contributed by atoms with E-state index in [4.69, 9.17) is 4.74 Å². The van der Waals surface area contributed by atoms with Gasteiger partial charge in [0.2, 0.25) is 0 Å². The molecule has 2 aromatic carbocycles.